The summed E-state index contributed by atoms with van der Waals surface area (Å²) in [5.74, 6) is -2.22. The molecule has 5 rings (SSSR count). The second-order valence-corrected chi connectivity index (χ2v) is 13.7. The maximum atomic E-state index is 14.6. The summed E-state index contributed by atoms with van der Waals surface area (Å²) in [6.45, 7) is 5.98. The van der Waals surface area contributed by atoms with E-state index < -0.39 is 29.2 Å². The first-order valence-corrected chi connectivity index (χ1v) is 17.8. The van der Waals surface area contributed by atoms with Crippen molar-refractivity contribution in [2.75, 3.05) is 71.0 Å². The monoisotopic (exact) mass is 774 g/mol. The van der Waals surface area contributed by atoms with Crippen LogP contribution in [0.5, 0.6) is 0 Å². The highest BCUT2D eigenvalue weighted by atomic mass is 35.5. The highest BCUT2D eigenvalue weighted by molar-refractivity contribution is 6.34. The molecule has 0 radical (unpaired) electrons. The molecule has 1 fully saturated rings. The summed E-state index contributed by atoms with van der Waals surface area (Å²) in [6.07, 6.45) is -1.37. The van der Waals surface area contributed by atoms with Gasteiger partial charge in [-0.15, -0.1) is 0 Å². The molecule has 0 spiro atoms. The van der Waals surface area contributed by atoms with E-state index in [1.165, 1.54) is 37.4 Å². The Balaban J connectivity index is 1.22. The predicted octanol–water partition coefficient (Wildman–Crippen LogP) is 4.77. The molecule has 4 N–H and O–H groups in total. The first-order chi connectivity index (χ1) is 25.6. The van der Waals surface area contributed by atoms with Crippen molar-refractivity contribution in [3.05, 3.63) is 76.7 Å². The number of nitrogen functional groups attached to an aromatic ring is 1. The van der Waals surface area contributed by atoms with E-state index in [-0.39, 0.29) is 56.9 Å². The SMILES string of the molecule is CCC(CCNCCN(C)C)C(=O)N1CCN(C(=O)c2ccc(NC(=O)c3ncc(-c4cn(-c5ccc(N)cc5F)nc4C(F)(F)F)n3C)cc2Cl)CC1. The number of amides is 3. The Bertz CT molecular complexity index is 1990. The van der Waals surface area contributed by atoms with Crippen LogP contribution in [0.3, 0.4) is 0 Å². The van der Waals surface area contributed by atoms with Crippen LogP contribution in [0.2, 0.25) is 5.02 Å². The summed E-state index contributed by atoms with van der Waals surface area (Å²) >= 11 is 6.51. The van der Waals surface area contributed by atoms with Crippen LogP contribution in [-0.4, -0.2) is 112 Å². The number of halogens is 5. The van der Waals surface area contributed by atoms with Gasteiger partial charge in [0.15, 0.2) is 17.3 Å². The van der Waals surface area contributed by atoms with Gasteiger partial charge in [-0.2, -0.15) is 18.3 Å². The van der Waals surface area contributed by atoms with E-state index in [0.717, 1.165) is 60.2 Å². The van der Waals surface area contributed by atoms with E-state index in [2.05, 4.69) is 25.6 Å². The summed E-state index contributed by atoms with van der Waals surface area (Å²) in [7, 11) is 5.37. The third-order valence-electron chi connectivity index (χ3n) is 9.25. The molecule has 4 aromatic rings. The molecule has 13 nitrogen and oxygen atoms in total. The summed E-state index contributed by atoms with van der Waals surface area (Å²) in [5.41, 5.74) is 3.98. The van der Waals surface area contributed by atoms with Crippen LogP contribution >= 0.6 is 11.6 Å². The maximum Gasteiger partial charge on any atom is 0.435 e. The van der Waals surface area contributed by atoms with Gasteiger partial charge in [0, 0.05) is 69.8 Å². The van der Waals surface area contributed by atoms with Crippen LogP contribution in [0.15, 0.2) is 48.8 Å². The van der Waals surface area contributed by atoms with E-state index in [4.69, 9.17) is 17.3 Å². The number of rotatable bonds is 13. The fourth-order valence-corrected chi connectivity index (χ4v) is 6.45. The lowest BCUT2D eigenvalue weighted by molar-refractivity contribution is -0.141. The van der Waals surface area contributed by atoms with E-state index in [1.54, 1.807) is 9.80 Å². The number of anilines is 2. The first kappa shape index (κ1) is 40.2. The third-order valence-corrected chi connectivity index (χ3v) is 9.56. The third kappa shape index (κ3) is 9.19. The number of carbonyl (C=O) groups excluding carboxylic acids is 3. The molecule has 18 heteroatoms. The van der Waals surface area contributed by atoms with E-state index in [1.807, 2.05) is 21.0 Å². The van der Waals surface area contributed by atoms with Gasteiger partial charge in [0.1, 0.15) is 5.69 Å². The van der Waals surface area contributed by atoms with Crippen LogP contribution in [0.25, 0.3) is 16.9 Å². The number of nitrogens with two attached hydrogens (primary N) is 1. The summed E-state index contributed by atoms with van der Waals surface area (Å²) in [6, 6.07) is 7.84. The Morgan fingerprint density at radius 1 is 1.04 bits per heavy atom. The van der Waals surface area contributed by atoms with Crippen molar-refractivity contribution in [1.29, 1.82) is 0 Å². The number of imidazole rings is 1. The Hall–Kier alpha value is -5.00. The second-order valence-electron chi connectivity index (χ2n) is 13.3. The van der Waals surface area contributed by atoms with Crippen molar-refractivity contribution in [3.63, 3.8) is 0 Å². The predicted molar refractivity (Wildman–Crippen MR) is 197 cm³/mol. The van der Waals surface area contributed by atoms with Crippen LogP contribution in [-0.2, 0) is 18.0 Å². The quantitative estimate of drug-likeness (QED) is 0.100. The largest absolute Gasteiger partial charge is 0.435 e. The van der Waals surface area contributed by atoms with E-state index in [9.17, 15) is 31.9 Å². The summed E-state index contributed by atoms with van der Waals surface area (Å²) < 4.78 is 58.7. The summed E-state index contributed by atoms with van der Waals surface area (Å²) in [5, 5.41) is 9.65. The molecule has 2 aromatic carbocycles. The molecule has 0 saturated carbocycles. The summed E-state index contributed by atoms with van der Waals surface area (Å²) in [4.78, 5) is 49.4. The van der Waals surface area contributed by atoms with Crippen molar-refractivity contribution in [2.24, 2.45) is 13.0 Å². The van der Waals surface area contributed by atoms with Crippen LogP contribution < -0.4 is 16.4 Å². The Morgan fingerprint density at radius 2 is 1.74 bits per heavy atom. The lowest BCUT2D eigenvalue weighted by atomic mass is 10.00. The minimum Gasteiger partial charge on any atom is -0.399 e. The Labute approximate surface area is 315 Å². The number of nitrogens with one attached hydrogen (secondary N) is 2. The average Bonchev–Trinajstić information content (AvgIpc) is 3.73. The van der Waals surface area contributed by atoms with Gasteiger partial charge in [0.05, 0.1) is 28.0 Å². The minimum atomic E-state index is -4.92. The van der Waals surface area contributed by atoms with Gasteiger partial charge in [-0.3, -0.25) is 14.4 Å². The highest BCUT2D eigenvalue weighted by Crippen LogP contribution is 2.37. The molecule has 290 valence electrons. The first-order valence-electron chi connectivity index (χ1n) is 17.4. The van der Waals surface area contributed by atoms with E-state index in [0.29, 0.717) is 26.2 Å². The molecule has 54 heavy (non-hydrogen) atoms. The highest BCUT2D eigenvalue weighted by Gasteiger charge is 2.39. The number of nitrogens with zero attached hydrogens (tertiary/aromatic N) is 7. The molecule has 2 aromatic heterocycles. The van der Waals surface area contributed by atoms with Gasteiger partial charge in [0.2, 0.25) is 5.91 Å². The number of hydrogen-bond donors (Lipinski definition) is 3. The van der Waals surface area contributed by atoms with Gasteiger partial charge in [-0.1, -0.05) is 18.5 Å². The smallest absolute Gasteiger partial charge is 0.399 e. The van der Waals surface area contributed by atoms with Gasteiger partial charge in [0.25, 0.3) is 11.8 Å². The molecule has 1 saturated heterocycles. The molecule has 0 bridgehead atoms. The molecule has 0 aliphatic carbocycles. The van der Waals surface area contributed by atoms with Crippen molar-refractivity contribution >= 4 is 40.7 Å². The number of benzene rings is 2. The molecule has 1 aliphatic heterocycles. The van der Waals surface area contributed by atoms with Crippen LogP contribution in [0, 0.1) is 11.7 Å². The number of carbonyl (C=O) groups is 3. The van der Waals surface area contributed by atoms with Crippen molar-refractivity contribution in [1.82, 2.24) is 39.3 Å². The van der Waals surface area contributed by atoms with Crippen molar-refractivity contribution in [3.8, 4) is 16.9 Å². The zero-order chi connectivity index (χ0) is 39.3. The second kappa shape index (κ2) is 17.0. The molecule has 1 atom stereocenters. The number of piperazine rings is 1. The Kier molecular flexibility index (Phi) is 12.6. The van der Waals surface area contributed by atoms with Crippen molar-refractivity contribution in [2.45, 2.75) is 25.9 Å². The van der Waals surface area contributed by atoms with Crippen LogP contribution in [0.1, 0.15) is 46.4 Å². The maximum absolute atomic E-state index is 14.6. The normalized spacial score (nSPS) is 14.1. The standard InChI is InChI=1S/C36H43ClF4N10O3/c1-5-22(10-11-43-12-13-47(2)3)34(53)49-14-16-50(17-15-49)35(54)25-8-7-24(19-27(25)37)45-33(52)32-44-20-30(48(32)4)26-21-51(46-31(26)36(39,40)41)29-9-6-23(42)18-28(29)38/h6-9,18-22,43H,5,10-17,42H2,1-4H3,(H,45,52). The van der Waals surface area contributed by atoms with E-state index >= 15 is 0 Å². The topological polar surface area (TPSA) is 147 Å². The molecule has 1 aliphatic rings. The molecule has 3 amide bonds. The lowest BCUT2D eigenvalue weighted by Crippen LogP contribution is -2.52. The Morgan fingerprint density at radius 3 is 2.37 bits per heavy atom. The minimum absolute atomic E-state index is 0.0711. The number of alkyl halides is 3. The average molecular weight is 775 g/mol. The zero-order valence-corrected chi connectivity index (χ0v) is 31.1. The molecular formula is C36H43ClF4N10O3. The number of likely N-dealkylation sites (N-methyl/N-ethyl adjacent to an activating group) is 1. The number of aromatic nitrogens is 4. The number of hydrogen-bond acceptors (Lipinski definition) is 8. The van der Waals surface area contributed by atoms with Gasteiger partial charge in [-0.05, 0) is 69.9 Å². The van der Waals surface area contributed by atoms with Crippen LogP contribution in [0.4, 0.5) is 28.9 Å². The van der Waals surface area contributed by atoms with Gasteiger partial charge < -0.3 is 35.6 Å². The molecular weight excluding hydrogens is 732 g/mol. The molecule has 1 unspecified atom stereocenters. The fraction of sp³-hybridized carbons (Fsp3) is 0.417. The van der Waals surface area contributed by atoms with Crippen molar-refractivity contribution < 1.29 is 31.9 Å². The van der Waals surface area contributed by atoms with Gasteiger partial charge >= 0.3 is 6.18 Å². The van der Waals surface area contributed by atoms with Gasteiger partial charge in [-0.25, -0.2) is 14.1 Å². The zero-order valence-electron chi connectivity index (χ0n) is 30.4. The lowest BCUT2D eigenvalue weighted by Gasteiger charge is -2.36. The fourth-order valence-electron chi connectivity index (χ4n) is 6.19. The molecule has 3 heterocycles.